The van der Waals surface area contributed by atoms with Crippen molar-refractivity contribution in [2.75, 3.05) is 54.8 Å². The van der Waals surface area contributed by atoms with Crippen LogP contribution in [0.4, 0.5) is 23.1 Å². The molecular formula is C22H23ClN10O. The zero-order valence-electron chi connectivity index (χ0n) is 18.8. The van der Waals surface area contributed by atoms with E-state index >= 15 is 0 Å². The summed E-state index contributed by atoms with van der Waals surface area (Å²) in [4.78, 5) is 24.3. The van der Waals surface area contributed by atoms with Crippen LogP contribution in [0, 0.1) is 22.7 Å². The van der Waals surface area contributed by atoms with Crippen LogP contribution in [0.2, 0.25) is 5.02 Å². The average Bonchev–Trinajstić information content (AvgIpc) is 3.24. The van der Waals surface area contributed by atoms with Gasteiger partial charge in [-0.1, -0.05) is 11.6 Å². The Bertz CT molecular complexity index is 1310. The van der Waals surface area contributed by atoms with Crippen LogP contribution in [-0.2, 0) is 4.79 Å². The van der Waals surface area contributed by atoms with E-state index in [1.54, 1.807) is 19.1 Å². The van der Waals surface area contributed by atoms with E-state index in [-0.39, 0.29) is 17.4 Å². The molecule has 1 saturated heterocycles. The Balaban J connectivity index is 1.67. The van der Waals surface area contributed by atoms with Crippen LogP contribution in [0.15, 0.2) is 18.3 Å². The minimum atomic E-state index is 0.135. The third-order valence-electron chi connectivity index (χ3n) is 5.41. The fourth-order valence-electron chi connectivity index (χ4n) is 3.87. The van der Waals surface area contributed by atoms with Gasteiger partial charge >= 0.3 is 0 Å². The van der Waals surface area contributed by atoms with E-state index in [0.717, 1.165) is 18.8 Å². The lowest BCUT2D eigenvalue weighted by atomic mass is 10.1. The molecule has 2 N–H and O–H groups in total. The normalized spacial score (nSPS) is 14.0. The van der Waals surface area contributed by atoms with Gasteiger partial charge in [0.15, 0.2) is 17.2 Å². The summed E-state index contributed by atoms with van der Waals surface area (Å²) in [6.45, 7) is 7.34. The molecule has 34 heavy (non-hydrogen) atoms. The molecule has 11 nitrogen and oxygen atoms in total. The van der Waals surface area contributed by atoms with Crippen molar-refractivity contribution in [1.82, 2.24) is 24.5 Å². The molecule has 0 radical (unpaired) electrons. The number of nitriles is 2. The van der Waals surface area contributed by atoms with Crippen LogP contribution in [0.3, 0.4) is 0 Å². The van der Waals surface area contributed by atoms with Gasteiger partial charge in [-0.15, -0.1) is 5.10 Å². The molecule has 1 aromatic carbocycles. The Morgan fingerprint density at radius 2 is 1.97 bits per heavy atom. The molecule has 0 amide bonds. The molecule has 4 rings (SSSR count). The van der Waals surface area contributed by atoms with E-state index in [2.05, 4.69) is 47.6 Å². The topological polar surface area (TPSA) is 138 Å². The Morgan fingerprint density at radius 3 is 2.62 bits per heavy atom. The van der Waals surface area contributed by atoms with E-state index in [1.807, 2.05) is 6.92 Å². The fraction of sp³-hybridized carbons (Fsp3) is 0.364. The van der Waals surface area contributed by atoms with Gasteiger partial charge in [-0.05, 0) is 26.0 Å². The van der Waals surface area contributed by atoms with E-state index < -0.39 is 0 Å². The molecule has 0 aliphatic carbocycles. The first-order chi connectivity index (χ1) is 16.4. The number of hydrogen-bond donors (Lipinski definition) is 2. The number of nitrogens with one attached hydrogen (secondary N) is 2. The molecule has 3 heterocycles. The van der Waals surface area contributed by atoms with Crippen molar-refractivity contribution in [3.63, 3.8) is 0 Å². The number of nitrogens with zero attached hydrogens (tertiary/aromatic N) is 8. The number of rotatable bonds is 7. The second-order valence-corrected chi connectivity index (χ2v) is 8.24. The second-order valence-electron chi connectivity index (χ2n) is 7.86. The van der Waals surface area contributed by atoms with Crippen LogP contribution in [0.25, 0.3) is 5.65 Å². The Kier molecular flexibility index (Phi) is 6.77. The quantitative estimate of drug-likeness (QED) is 0.520. The monoisotopic (exact) mass is 478 g/mol. The highest BCUT2D eigenvalue weighted by atomic mass is 35.5. The summed E-state index contributed by atoms with van der Waals surface area (Å²) in [5, 5.41) is 30.1. The van der Waals surface area contributed by atoms with Crippen LogP contribution in [0.5, 0.6) is 0 Å². The van der Waals surface area contributed by atoms with Crippen LogP contribution in [0.1, 0.15) is 25.1 Å². The number of benzene rings is 1. The van der Waals surface area contributed by atoms with Gasteiger partial charge in [-0.3, -0.25) is 9.69 Å². The van der Waals surface area contributed by atoms with Crippen molar-refractivity contribution in [2.24, 2.45) is 0 Å². The van der Waals surface area contributed by atoms with Gasteiger partial charge in [-0.25, -0.2) is 4.98 Å². The van der Waals surface area contributed by atoms with Crippen molar-refractivity contribution >= 4 is 46.2 Å². The molecule has 3 aromatic rings. The molecule has 0 bridgehead atoms. The number of anilines is 4. The van der Waals surface area contributed by atoms with Gasteiger partial charge in [0, 0.05) is 32.7 Å². The standard InChI is InChI=1S/C22H23ClN10O/c1-3-26-20-21-27-12-16(11-25)33(21)30-22(29-20)28-17-8-15(10-24)9-18(19(17)23)32-6-4-31(5-7-32)13-14(2)34/h8-9,12H,3-7,13H2,1-2H3,(H2,26,28,29,30). The molecular weight excluding hydrogens is 456 g/mol. The number of Topliss-reactive ketones (excluding diaryl/α,β-unsaturated/α-hetero) is 1. The molecule has 1 aliphatic rings. The molecule has 174 valence electrons. The molecule has 0 atom stereocenters. The smallest absolute Gasteiger partial charge is 0.247 e. The molecule has 0 unspecified atom stereocenters. The molecule has 2 aromatic heterocycles. The summed E-state index contributed by atoms with van der Waals surface area (Å²) >= 11 is 6.77. The van der Waals surface area contributed by atoms with Crippen molar-refractivity contribution in [1.29, 1.82) is 10.5 Å². The number of halogens is 1. The summed E-state index contributed by atoms with van der Waals surface area (Å²) in [6, 6.07) is 7.63. The van der Waals surface area contributed by atoms with Gasteiger partial charge in [0.1, 0.15) is 11.9 Å². The van der Waals surface area contributed by atoms with Gasteiger partial charge in [0.2, 0.25) is 5.95 Å². The number of fused-ring (bicyclic) bond motifs is 1. The predicted molar refractivity (Wildman–Crippen MR) is 128 cm³/mol. The van der Waals surface area contributed by atoms with Gasteiger partial charge in [0.25, 0.3) is 0 Å². The summed E-state index contributed by atoms with van der Waals surface area (Å²) in [7, 11) is 0. The summed E-state index contributed by atoms with van der Waals surface area (Å²) < 4.78 is 1.41. The van der Waals surface area contributed by atoms with Crippen molar-refractivity contribution in [3.05, 3.63) is 34.6 Å². The highest BCUT2D eigenvalue weighted by Gasteiger charge is 2.22. The zero-order valence-corrected chi connectivity index (χ0v) is 19.6. The maximum atomic E-state index is 11.4. The molecule has 0 spiro atoms. The second kappa shape index (κ2) is 9.91. The van der Waals surface area contributed by atoms with Crippen molar-refractivity contribution in [2.45, 2.75) is 13.8 Å². The SMILES string of the molecule is CCNc1nc(Nc2cc(C#N)cc(N3CCN(CC(C)=O)CC3)c2Cl)nn2c(C#N)cnc12. The number of piperazine rings is 1. The first-order valence-electron chi connectivity index (χ1n) is 10.8. The number of carbonyl (C=O) groups excluding carboxylic acids is 1. The largest absolute Gasteiger partial charge is 0.368 e. The maximum Gasteiger partial charge on any atom is 0.247 e. The number of carbonyl (C=O) groups is 1. The van der Waals surface area contributed by atoms with Gasteiger partial charge in [0.05, 0.1) is 40.8 Å². The van der Waals surface area contributed by atoms with Crippen molar-refractivity contribution in [3.8, 4) is 12.1 Å². The summed E-state index contributed by atoms with van der Waals surface area (Å²) in [6.07, 6.45) is 1.43. The maximum absolute atomic E-state index is 11.4. The number of aromatic nitrogens is 4. The lowest BCUT2D eigenvalue weighted by Gasteiger charge is -2.36. The number of hydrogen-bond acceptors (Lipinski definition) is 10. The number of imidazole rings is 1. The van der Waals surface area contributed by atoms with E-state index in [9.17, 15) is 15.3 Å². The number of ketones is 1. The van der Waals surface area contributed by atoms with Gasteiger partial charge < -0.3 is 15.5 Å². The third kappa shape index (κ3) is 4.71. The summed E-state index contributed by atoms with van der Waals surface area (Å²) in [5.41, 5.74) is 2.33. The third-order valence-corrected chi connectivity index (χ3v) is 5.81. The Labute approximate surface area is 201 Å². The van der Waals surface area contributed by atoms with Gasteiger partial charge in [-0.2, -0.15) is 20.0 Å². The molecule has 1 fully saturated rings. The first-order valence-corrected chi connectivity index (χ1v) is 11.2. The lowest BCUT2D eigenvalue weighted by Crippen LogP contribution is -2.47. The Hall–Kier alpha value is -3.93. The van der Waals surface area contributed by atoms with E-state index in [1.165, 1.54) is 10.7 Å². The van der Waals surface area contributed by atoms with Crippen LogP contribution < -0.4 is 15.5 Å². The fourth-order valence-corrected chi connectivity index (χ4v) is 4.15. The van der Waals surface area contributed by atoms with E-state index in [4.69, 9.17) is 11.6 Å². The highest BCUT2D eigenvalue weighted by molar-refractivity contribution is 6.36. The lowest BCUT2D eigenvalue weighted by molar-refractivity contribution is -0.118. The minimum Gasteiger partial charge on any atom is -0.368 e. The molecule has 1 aliphatic heterocycles. The van der Waals surface area contributed by atoms with Crippen LogP contribution >= 0.6 is 11.6 Å². The van der Waals surface area contributed by atoms with Crippen molar-refractivity contribution < 1.29 is 4.79 Å². The first kappa shape index (κ1) is 23.2. The zero-order chi connectivity index (χ0) is 24.2. The van der Waals surface area contributed by atoms with E-state index in [0.29, 0.717) is 53.9 Å². The molecule has 0 saturated carbocycles. The predicted octanol–water partition coefficient (Wildman–Crippen LogP) is 2.41. The molecule has 12 heteroatoms. The van der Waals surface area contributed by atoms with Crippen LogP contribution in [-0.4, -0.2) is 69.5 Å². The Morgan fingerprint density at radius 1 is 1.21 bits per heavy atom. The minimum absolute atomic E-state index is 0.135. The average molecular weight is 479 g/mol. The highest BCUT2D eigenvalue weighted by Crippen LogP contribution is 2.36. The summed E-state index contributed by atoms with van der Waals surface area (Å²) in [5.74, 6) is 0.804.